The van der Waals surface area contributed by atoms with Gasteiger partial charge in [0.15, 0.2) is 0 Å². The Morgan fingerprint density at radius 2 is 1.41 bits per heavy atom. The predicted molar refractivity (Wildman–Crippen MR) is 117 cm³/mol. The van der Waals surface area contributed by atoms with Crippen LogP contribution in [-0.2, 0) is 11.3 Å². The molecular weight excluding hydrogens is 411 g/mol. The van der Waals surface area contributed by atoms with E-state index in [2.05, 4.69) is 21.9 Å². The molecule has 0 aromatic heterocycles. The van der Waals surface area contributed by atoms with Crippen LogP contribution < -0.4 is 4.74 Å². The van der Waals surface area contributed by atoms with Gasteiger partial charge in [-0.25, -0.2) is 0 Å². The second-order valence-corrected chi connectivity index (χ2v) is 8.11. The minimum Gasteiger partial charge on any atom is -0.491 e. The van der Waals surface area contributed by atoms with Crippen LogP contribution in [0.2, 0.25) is 10.0 Å². The van der Waals surface area contributed by atoms with Crippen molar-refractivity contribution in [3.8, 4) is 5.75 Å². The predicted octanol–water partition coefficient (Wildman–Crippen LogP) is 3.57. The lowest BCUT2D eigenvalue weighted by atomic mass is 10.2. The highest BCUT2D eigenvalue weighted by atomic mass is 35.5. The summed E-state index contributed by atoms with van der Waals surface area (Å²) in [6.07, 6.45) is -0.492. The standard InChI is InChI=1S/C22H28Cl2N2O3/c23-19-3-1-18(2-4-19)15-25-9-11-26(12-10-25)16-21(27)17-28-13-14-29-22-7-5-20(24)6-8-22/h1-8,21,27H,9-17H2/t21-/m0/s1. The lowest BCUT2D eigenvalue weighted by molar-refractivity contribution is -0.000435. The summed E-state index contributed by atoms with van der Waals surface area (Å²) in [6.45, 7) is 6.64. The molecule has 0 radical (unpaired) electrons. The minimum absolute atomic E-state index is 0.314. The Morgan fingerprint density at radius 1 is 0.828 bits per heavy atom. The van der Waals surface area contributed by atoms with E-state index in [1.54, 1.807) is 12.1 Å². The van der Waals surface area contributed by atoms with Crippen LogP contribution in [0, 0.1) is 0 Å². The highest BCUT2D eigenvalue weighted by molar-refractivity contribution is 6.30. The number of β-amino-alcohol motifs (C(OH)–C–C–N with tert-alkyl or cyclic N) is 1. The molecule has 0 bridgehead atoms. The zero-order chi connectivity index (χ0) is 20.5. The lowest BCUT2D eigenvalue weighted by Crippen LogP contribution is -2.48. The molecule has 1 heterocycles. The molecule has 1 fully saturated rings. The van der Waals surface area contributed by atoms with E-state index >= 15 is 0 Å². The lowest BCUT2D eigenvalue weighted by Gasteiger charge is -2.35. The Hall–Kier alpha value is -1.34. The average molecular weight is 439 g/mol. The van der Waals surface area contributed by atoms with Crippen LogP contribution in [0.25, 0.3) is 0 Å². The minimum atomic E-state index is -0.492. The van der Waals surface area contributed by atoms with Gasteiger partial charge in [-0.1, -0.05) is 35.3 Å². The van der Waals surface area contributed by atoms with E-state index in [4.69, 9.17) is 32.7 Å². The molecular formula is C22H28Cl2N2O3. The van der Waals surface area contributed by atoms with Crippen molar-refractivity contribution >= 4 is 23.2 Å². The van der Waals surface area contributed by atoms with Gasteiger partial charge < -0.3 is 14.6 Å². The summed E-state index contributed by atoms with van der Waals surface area (Å²) >= 11 is 11.8. The number of halogens is 2. The third-order valence-corrected chi connectivity index (χ3v) is 5.38. The van der Waals surface area contributed by atoms with E-state index in [-0.39, 0.29) is 0 Å². The van der Waals surface area contributed by atoms with E-state index in [9.17, 15) is 5.11 Å². The summed E-state index contributed by atoms with van der Waals surface area (Å²) in [7, 11) is 0. The number of benzene rings is 2. The summed E-state index contributed by atoms with van der Waals surface area (Å²) in [6, 6.07) is 15.2. The van der Waals surface area contributed by atoms with Gasteiger partial charge in [0.1, 0.15) is 12.4 Å². The number of ether oxygens (including phenoxy) is 2. The van der Waals surface area contributed by atoms with Crippen molar-refractivity contribution in [1.29, 1.82) is 0 Å². The van der Waals surface area contributed by atoms with Crippen LogP contribution in [0.3, 0.4) is 0 Å². The zero-order valence-corrected chi connectivity index (χ0v) is 18.0. The van der Waals surface area contributed by atoms with Crippen molar-refractivity contribution in [2.24, 2.45) is 0 Å². The van der Waals surface area contributed by atoms with Crippen LogP contribution in [0.4, 0.5) is 0 Å². The Morgan fingerprint density at radius 3 is 2.07 bits per heavy atom. The Bertz CT molecular complexity index is 720. The maximum Gasteiger partial charge on any atom is 0.119 e. The molecule has 1 atom stereocenters. The third kappa shape index (κ3) is 8.13. The summed E-state index contributed by atoms with van der Waals surface area (Å²) in [5, 5.41) is 11.7. The van der Waals surface area contributed by atoms with Gasteiger partial charge in [0.25, 0.3) is 0 Å². The van der Waals surface area contributed by atoms with E-state index in [1.807, 2.05) is 24.3 Å². The first kappa shape index (κ1) is 22.3. The van der Waals surface area contributed by atoms with Crippen molar-refractivity contribution in [1.82, 2.24) is 9.80 Å². The highest BCUT2D eigenvalue weighted by Gasteiger charge is 2.19. The van der Waals surface area contributed by atoms with Gasteiger partial charge in [0.2, 0.25) is 0 Å². The molecule has 1 aliphatic heterocycles. The van der Waals surface area contributed by atoms with Gasteiger partial charge in [0, 0.05) is 49.3 Å². The topological polar surface area (TPSA) is 45.2 Å². The van der Waals surface area contributed by atoms with Crippen LogP contribution in [0.1, 0.15) is 5.56 Å². The number of hydrogen-bond donors (Lipinski definition) is 1. The van der Waals surface area contributed by atoms with Crippen molar-refractivity contribution in [3.63, 3.8) is 0 Å². The monoisotopic (exact) mass is 438 g/mol. The van der Waals surface area contributed by atoms with Crippen LogP contribution in [0.5, 0.6) is 5.75 Å². The fourth-order valence-electron chi connectivity index (χ4n) is 3.30. The Labute approximate surface area is 182 Å². The van der Waals surface area contributed by atoms with Crippen molar-refractivity contribution in [2.45, 2.75) is 12.6 Å². The highest BCUT2D eigenvalue weighted by Crippen LogP contribution is 2.15. The number of aliphatic hydroxyl groups is 1. The maximum atomic E-state index is 10.2. The molecule has 158 valence electrons. The molecule has 7 heteroatoms. The molecule has 0 amide bonds. The second-order valence-electron chi connectivity index (χ2n) is 7.23. The van der Waals surface area contributed by atoms with Gasteiger partial charge >= 0.3 is 0 Å². The molecule has 5 nitrogen and oxygen atoms in total. The first-order valence-electron chi connectivity index (χ1n) is 9.92. The molecule has 1 saturated heterocycles. The number of rotatable bonds is 10. The fourth-order valence-corrected chi connectivity index (χ4v) is 3.55. The number of aliphatic hydroxyl groups excluding tert-OH is 1. The molecule has 0 aliphatic carbocycles. The van der Waals surface area contributed by atoms with Crippen molar-refractivity contribution < 1.29 is 14.6 Å². The largest absolute Gasteiger partial charge is 0.491 e. The normalized spacial score (nSPS) is 16.7. The van der Waals surface area contributed by atoms with Crippen LogP contribution in [0.15, 0.2) is 48.5 Å². The molecule has 3 rings (SSSR count). The molecule has 1 N–H and O–H groups in total. The SMILES string of the molecule is O[C@H](COCCOc1ccc(Cl)cc1)CN1CCN(Cc2ccc(Cl)cc2)CC1. The summed E-state index contributed by atoms with van der Waals surface area (Å²) in [5.74, 6) is 0.759. The first-order chi connectivity index (χ1) is 14.1. The van der Waals surface area contributed by atoms with Crippen LogP contribution >= 0.6 is 23.2 Å². The molecule has 29 heavy (non-hydrogen) atoms. The molecule has 2 aromatic carbocycles. The van der Waals surface area contributed by atoms with Crippen LogP contribution in [-0.4, -0.2) is 73.6 Å². The summed E-state index contributed by atoms with van der Waals surface area (Å²) in [4.78, 5) is 4.72. The molecule has 0 unspecified atom stereocenters. The molecule has 0 spiro atoms. The second kappa shape index (κ2) is 11.7. The molecule has 2 aromatic rings. The van der Waals surface area contributed by atoms with Gasteiger partial charge in [0.05, 0.1) is 19.3 Å². The van der Waals surface area contributed by atoms with E-state index < -0.39 is 6.10 Å². The smallest absolute Gasteiger partial charge is 0.119 e. The molecule has 0 saturated carbocycles. The Balaban J connectivity index is 1.25. The van der Waals surface area contributed by atoms with Crippen molar-refractivity contribution in [3.05, 3.63) is 64.1 Å². The van der Waals surface area contributed by atoms with Gasteiger partial charge in [-0.3, -0.25) is 9.80 Å². The van der Waals surface area contributed by atoms with E-state index in [1.165, 1.54) is 5.56 Å². The van der Waals surface area contributed by atoms with Gasteiger partial charge in [-0.15, -0.1) is 0 Å². The zero-order valence-electron chi connectivity index (χ0n) is 16.5. The quantitative estimate of drug-likeness (QED) is 0.574. The van der Waals surface area contributed by atoms with E-state index in [0.29, 0.717) is 31.4 Å². The van der Waals surface area contributed by atoms with Crippen molar-refractivity contribution in [2.75, 3.05) is 52.5 Å². The maximum absolute atomic E-state index is 10.2. The first-order valence-corrected chi connectivity index (χ1v) is 10.7. The van der Waals surface area contributed by atoms with Gasteiger partial charge in [-0.05, 0) is 42.0 Å². The summed E-state index contributed by atoms with van der Waals surface area (Å²) in [5.41, 5.74) is 1.28. The third-order valence-electron chi connectivity index (χ3n) is 4.87. The Kier molecular flexibility index (Phi) is 9.05. The van der Waals surface area contributed by atoms with Gasteiger partial charge in [-0.2, -0.15) is 0 Å². The summed E-state index contributed by atoms with van der Waals surface area (Å²) < 4.78 is 11.1. The number of piperazine rings is 1. The van der Waals surface area contributed by atoms with E-state index in [0.717, 1.165) is 43.5 Å². The molecule has 1 aliphatic rings. The number of hydrogen-bond acceptors (Lipinski definition) is 5. The number of nitrogens with zero attached hydrogens (tertiary/aromatic N) is 2. The fraction of sp³-hybridized carbons (Fsp3) is 0.455. The average Bonchev–Trinajstić information content (AvgIpc) is 2.72.